The van der Waals surface area contributed by atoms with Crippen molar-refractivity contribution in [1.82, 2.24) is 10.2 Å². The van der Waals surface area contributed by atoms with Crippen molar-refractivity contribution in [1.29, 1.82) is 0 Å². The van der Waals surface area contributed by atoms with Gasteiger partial charge in [-0.3, -0.25) is 4.79 Å². The molecule has 1 aromatic carbocycles. The number of benzene rings is 1. The van der Waals surface area contributed by atoms with Crippen molar-refractivity contribution >= 4 is 17.6 Å². The molecule has 0 bridgehead atoms. The second kappa shape index (κ2) is 9.27. The zero-order chi connectivity index (χ0) is 17.4. The van der Waals surface area contributed by atoms with Gasteiger partial charge in [-0.05, 0) is 37.5 Å². The largest absolute Gasteiger partial charge is 0.391 e. The van der Waals surface area contributed by atoms with Crippen LogP contribution < -0.4 is 10.6 Å². The van der Waals surface area contributed by atoms with Gasteiger partial charge >= 0.3 is 0 Å². The fraction of sp³-hybridized carbons (Fsp3) is 0.556. The number of rotatable bonds is 6. The number of β-amino-alcohol motifs (C(OH)–C–C–N with tert-alkyl or cyclic N) is 1. The first-order valence-corrected chi connectivity index (χ1v) is 8.72. The Balaban J connectivity index is 1.94. The number of hydrogen-bond acceptors (Lipinski definition) is 3. The van der Waals surface area contributed by atoms with Crippen LogP contribution in [0.1, 0.15) is 38.7 Å². The summed E-state index contributed by atoms with van der Waals surface area (Å²) in [4.78, 5) is 18.3. The summed E-state index contributed by atoms with van der Waals surface area (Å²) >= 11 is 0. The molecule has 0 spiro atoms. The van der Waals surface area contributed by atoms with Gasteiger partial charge < -0.3 is 20.6 Å². The lowest BCUT2D eigenvalue weighted by Gasteiger charge is -2.20. The molecular weight excluding hydrogens is 304 g/mol. The Kier molecular flexibility index (Phi) is 7.06. The Hall–Kier alpha value is -2.08. The van der Waals surface area contributed by atoms with Crippen LogP contribution in [-0.2, 0) is 11.3 Å². The minimum Gasteiger partial charge on any atom is -0.391 e. The molecule has 1 amide bonds. The van der Waals surface area contributed by atoms with Gasteiger partial charge in [-0.15, -0.1) is 0 Å². The maximum atomic E-state index is 11.6. The molecule has 24 heavy (non-hydrogen) atoms. The fourth-order valence-electron chi connectivity index (χ4n) is 2.67. The summed E-state index contributed by atoms with van der Waals surface area (Å²) in [6.07, 6.45) is 1.91. The number of guanidine groups is 1. The van der Waals surface area contributed by atoms with E-state index in [2.05, 4.69) is 20.5 Å². The number of likely N-dealkylation sites (tertiary alicyclic amines) is 1. The Labute approximate surface area is 144 Å². The van der Waals surface area contributed by atoms with Crippen molar-refractivity contribution in [2.75, 3.05) is 25.0 Å². The Bertz CT molecular complexity index is 557. The predicted molar refractivity (Wildman–Crippen MR) is 97.0 cm³/mol. The van der Waals surface area contributed by atoms with E-state index >= 15 is 0 Å². The van der Waals surface area contributed by atoms with E-state index in [1.54, 1.807) is 0 Å². The number of hydrogen-bond donors (Lipinski definition) is 3. The summed E-state index contributed by atoms with van der Waals surface area (Å²) in [7, 11) is 0. The maximum absolute atomic E-state index is 11.6. The van der Waals surface area contributed by atoms with Gasteiger partial charge in [0.1, 0.15) is 0 Å². The summed E-state index contributed by atoms with van der Waals surface area (Å²) in [5.41, 5.74) is 1.90. The van der Waals surface area contributed by atoms with Gasteiger partial charge in [0.05, 0.1) is 12.6 Å². The highest BCUT2D eigenvalue weighted by molar-refractivity contribution is 5.90. The van der Waals surface area contributed by atoms with Gasteiger partial charge in [-0.2, -0.15) is 0 Å². The van der Waals surface area contributed by atoms with Crippen LogP contribution in [0.3, 0.4) is 0 Å². The average Bonchev–Trinajstić information content (AvgIpc) is 2.99. The van der Waals surface area contributed by atoms with Crippen LogP contribution in [0.4, 0.5) is 5.69 Å². The molecule has 0 saturated carbocycles. The number of carbonyl (C=O) groups is 1. The number of aliphatic hydroxyl groups is 1. The second-order valence-electron chi connectivity index (χ2n) is 6.05. The van der Waals surface area contributed by atoms with E-state index in [4.69, 9.17) is 0 Å². The molecule has 1 aromatic rings. The Morgan fingerprint density at radius 2 is 2.08 bits per heavy atom. The summed E-state index contributed by atoms with van der Waals surface area (Å²) in [5.74, 6) is 0.889. The van der Waals surface area contributed by atoms with Crippen LogP contribution in [0.15, 0.2) is 29.3 Å². The molecule has 2 rings (SSSR count). The molecule has 0 aliphatic carbocycles. The van der Waals surface area contributed by atoms with E-state index < -0.39 is 0 Å². The van der Waals surface area contributed by atoms with Crippen LogP contribution in [-0.4, -0.2) is 47.6 Å². The first-order valence-electron chi connectivity index (χ1n) is 8.72. The topological polar surface area (TPSA) is 77.0 Å². The summed E-state index contributed by atoms with van der Waals surface area (Å²) in [6, 6.07) is 7.77. The molecule has 3 N–H and O–H groups in total. The van der Waals surface area contributed by atoms with Gasteiger partial charge in [0.25, 0.3) is 0 Å². The van der Waals surface area contributed by atoms with Crippen LogP contribution in [0.5, 0.6) is 0 Å². The molecule has 6 nitrogen and oxygen atoms in total. The van der Waals surface area contributed by atoms with Gasteiger partial charge in [-0.25, -0.2) is 4.99 Å². The van der Waals surface area contributed by atoms with E-state index in [0.29, 0.717) is 19.5 Å². The molecule has 1 heterocycles. The minimum absolute atomic E-state index is 0.0466. The zero-order valence-corrected chi connectivity index (χ0v) is 14.6. The smallest absolute Gasteiger partial charge is 0.224 e. The van der Waals surface area contributed by atoms with E-state index in [0.717, 1.165) is 43.1 Å². The van der Waals surface area contributed by atoms with Crippen LogP contribution >= 0.6 is 0 Å². The van der Waals surface area contributed by atoms with Crippen LogP contribution in [0.25, 0.3) is 0 Å². The number of nitrogens with one attached hydrogen (secondary N) is 2. The van der Waals surface area contributed by atoms with Crippen molar-refractivity contribution < 1.29 is 9.90 Å². The third-order valence-electron chi connectivity index (χ3n) is 3.92. The summed E-state index contributed by atoms with van der Waals surface area (Å²) in [6.45, 7) is 6.85. The molecule has 1 saturated heterocycles. The highest BCUT2D eigenvalue weighted by atomic mass is 16.3. The average molecular weight is 332 g/mol. The second-order valence-corrected chi connectivity index (χ2v) is 6.05. The number of aliphatic hydroxyl groups excluding tert-OH is 1. The molecule has 1 aliphatic rings. The van der Waals surface area contributed by atoms with Crippen LogP contribution in [0, 0.1) is 0 Å². The quantitative estimate of drug-likeness (QED) is 0.550. The van der Waals surface area contributed by atoms with Crippen molar-refractivity contribution in [2.45, 2.75) is 45.8 Å². The number of anilines is 1. The molecule has 0 unspecified atom stereocenters. The van der Waals surface area contributed by atoms with Crippen LogP contribution in [0.2, 0.25) is 0 Å². The highest BCUT2D eigenvalue weighted by Gasteiger charge is 2.22. The van der Waals surface area contributed by atoms with Crippen molar-refractivity contribution in [3.63, 3.8) is 0 Å². The zero-order valence-electron chi connectivity index (χ0n) is 14.6. The van der Waals surface area contributed by atoms with Gasteiger partial charge in [0.2, 0.25) is 5.91 Å². The van der Waals surface area contributed by atoms with Crippen molar-refractivity contribution in [3.8, 4) is 0 Å². The Morgan fingerprint density at radius 1 is 1.33 bits per heavy atom. The normalized spacial score (nSPS) is 17.9. The fourth-order valence-corrected chi connectivity index (χ4v) is 2.67. The van der Waals surface area contributed by atoms with E-state index in [1.807, 2.05) is 38.1 Å². The third kappa shape index (κ3) is 5.53. The van der Waals surface area contributed by atoms with Gasteiger partial charge in [0.15, 0.2) is 5.96 Å². The summed E-state index contributed by atoms with van der Waals surface area (Å²) < 4.78 is 0. The first-order chi connectivity index (χ1) is 11.6. The SMILES string of the molecule is CCCC(=O)Nc1ccc(CN=C(NCC)N2CC[C@@H](O)C2)cc1. The minimum atomic E-state index is -0.264. The molecule has 1 atom stereocenters. The maximum Gasteiger partial charge on any atom is 0.224 e. The number of nitrogens with zero attached hydrogens (tertiary/aromatic N) is 2. The lowest BCUT2D eigenvalue weighted by molar-refractivity contribution is -0.116. The predicted octanol–water partition coefficient (Wildman–Crippen LogP) is 1.96. The van der Waals surface area contributed by atoms with E-state index in [1.165, 1.54) is 0 Å². The van der Waals surface area contributed by atoms with Gasteiger partial charge in [-0.1, -0.05) is 19.1 Å². The van der Waals surface area contributed by atoms with Gasteiger partial charge in [0, 0.05) is 31.7 Å². The first kappa shape index (κ1) is 18.3. The molecular formula is C18H28N4O2. The molecule has 1 fully saturated rings. The molecule has 0 radical (unpaired) electrons. The monoisotopic (exact) mass is 332 g/mol. The molecule has 1 aliphatic heterocycles. The Morgan fingerprint density at radius 3 is 2.67 bits per heavy atom. The summed E-state index contributed by atoms with van der Waals surface area (Å²) in [5, 5.41) is 15.8. The van der Waals surface area contributed by atoms with Crippen molar-refractivity contribution in [2.24, 2.45) is 4.99 Å². The molecule has 132 valence electrons. The lowest BCUT2D eigenvalue weighted by atomic mass is 10.2. The number of carbonyl (C=O) groups excluding carboxylic acids is 1. The van der Waals surface area contributed by atoms with E-state index in [9.17, 15) is 9.90 Å². The molecule has 0 aromatic heterocycles. The van der Waals surface area contributed by atoms with Crippen molar-refractivity contribution in [3.05, 3.63) is 29.8 Å². The lowest BCUT2D eigenvalue weighted by Crippen LogP contribution is -2.40. The van der Waals surface area contributed by atoms with E-state index in [-0.39, 0.29) is 12.0 Å². The highest BCUT2D eigenvalue weighted by Crippen LogP contribution is 2.13. The molecule has 6 heteroatoms. The number of amides is 1. The third-order valence-corrected chi connectivity index (χ3v) is 3.92. The number of aliphatic imine (C=N–C) groups is 1. The standard InChI is InChI=1S/C18H28N4O2/c1-3-5-17(24)21-15-8-6-14(7-9-15)12-20-18(19-4-2)22-11-10-16(23)13-22/h6-9,16,23H,3-5,10-13H2,1-2H3,(H,19,20)(H,21,24)/t16-/m1/s1.